The van der Waals surface area contributed by atoms with E-state index in [0.717, 1.165) is 51.0 Å². The molecule has 0 atom stereocenters. The van der Waals surface area contributed by atoms with Crippen molar-refractivity contribution in [3.63, 3.8) is 0 Å². The highest BCUT2D eigenvalue weighted by atomic mass is 16.5. The van der Waals surface area contributed by atoms with Crippen LogP contribution in [-0.2, 0) is 20.9 Å². The van der Waals surface area contributed by atoms with Crippen LogP contribution in [0.25, 0.3) is 5.82 Å². The molecule has 1 aliphatic carbocycles. The number of ether oxygens (including phenoxy) is 1. The maximum absolute atomic E-state index is 9.10. The van der Waals surface area contributed by atoms with Crippen molar-refractivity contribution in [3.05, 3.63) is 34.8 Å². The highest BCUT2D eigenvalue weighted by Crippen LogP contribution is 2.34. The molecule has 10 nitrogen and oxygen atoms in total. The van der Waals surface area contributed by atoms with Crippen molar-refractivity contribution in [1.82, 2.24) is 19.9 Å². The first-order chi connectivity index (χ1) is 16.2. The Morgan fingerprint density at radius 1 is 1.06 bits per heavy atom. The van der Waals surface area contributed by atoms with Crippen LogP contribution in [0.5, 0.6) is 0 Å². The molecule has 1 saturated carbocycles. The molecule has 0 unspecified atom stereocenters. The molecule has 0 radical (unpaired) electrons. The van der Waals surface area contributed by atoms with E-state index in [0.29, 0.717) is 5.54 Å². The van der Waals surface area contributed by atoms with E-state index >= 15 is 0 Å². The average Bonchev–Trinajstić information content (AvgIpc) is 3.37. The first-order valence-electron chi connectivity index (χ1n) is 11.8. The lowest BCUT2D eigenvalue weighted by molar-refractivity contribution is -0.159. The van der Waals surface area contributed by atoms with E-state index in [-0.39, 0.29) is 0 Å². The zero-order valence-electron chi connectivity index (χ0n) is 20.3. The largest absolute Gasteiger partial charge is 0.473 e. The number of aryl methyl sites for hydroxylation is 2. The van der Waals surface area contributed by atoms with Crippen LogP contribution in [0.4, 0.5) is 0 Å². The smallest absolute Gasteiger partial charge is 0.414 e. The van der Waals surface area contributed by atoms with Gasteiger partial charge in [0.15, 0.2) is 5.82 Å². The van der Waals surface area contributed by atoms with Crippen LogP contribution >= 0.6 is 0 Å². The summed E-state index contributed by atoms with van der Waals surface area (Å²) >= 11 is 0. The van der Waals surface area contributed by atoms with Crippen LogP contribution in [-0.4, -0.2) is 75.2 Å². The number of nitrogens with zero attached hydrogens (tertiary/aromatic N) is 3. The van der Waals surface area contributed by atoms with Gasteiger partial charge in [-0.3, -0.25) is 4.90 Å². The summed E-state index contributed by atoms with van der Waals surface area (Å²) in [5.41, 5.74) is 4.08. The summed E-state index contributed by atoms with van der Waals surface area (Å²) < 4.78 is 13.1. The van der Waals surface area contributed by atoms with Gasteiger partial charge >= 0.3 is 11.9 Å². The minimum absolute atomic E-state index is 0.302. The van der Waals surface area contributed by atoms with E-state index in [9.17, 15) is 0 Å². The lowest BCUT2D eigenvalue weighted by Gasteiger charge is -2.48. The fourth-order valence-corrected chi connectivity index (χ4v) is 5.10. The van der Waals surface area contributed by atoms with Crippen LogP contribution in [0, 0.1) is 20.8 Å². The Hall–Kier alpha value is -2.69. The SMILES string of the molecule is Cc1cc(-n2c(C)cc(CNCC3(N4CCOCC4)CCCCC3)c2C)no1.O=C(O)C(=O)O. The minimum Gasteiger partial charge on any atom is -0.473 e. The standard InChI is InChI=1S/C22H34N4O2.C2H2O4/c1-17-13-20(19(3)26(17)21-14-18(2)28-24-21)15-23-16-22(7-5-4-6-8-22)25-9-11-27-12-10-25;3-1(4)2(5)6/h13-14,23H,4-12,15-16H2,1-3H3;(H,3,4)(H,5,6). The van der Waals surface area contributed by atoms with Crippen molar-refractivity contribution in [3.8, 4) is 5.82 Å². The second kappa shape index (κ2) is 11.6. The topological polar surface area (TPSA) is 130 Å². The van der Waals surface area contributed by atoms with Gasteiger partial charge in [-0.05, 0) is 45.2 Å². The molecule has 3 heterocycles. The minimum atomic E-state index is -1.82. The number of morpholine rings is 1. The van der Waals surface area contributed by atoms with Gasteiger partial charge in [0.2, 0.25) is 0 Å². The molecule has 2 aliphatic rings. The lowest BCUT2D eigenvalue weighted by Crippen LogP contribution is -2.59. The van der Waals surface area contributed by atoms with Crippen LogP contribution < -0.4 is 5.32 Å². The van der Waals surface area contributed by atoms with Gasteiger partial charge in [0.25, 0.3) is 0 Å². The maximum atomic E-state index is 9.10. The molecule has 0 amide bonds. The van der Waals surface area contributed by atoms with Crippen LogP contribution in [0.3, 0.4) is 0 Å². The second-order valence-electron chi connectivity index (χ2n) is 9.13. The van der Waals surface area contributed by atoms with Crippen LogP contribution in [0.1, 0.15) is 54.8 Å². The molecule has 1 aliphatic heterocycles. The van der Waals surface area contributed by atoms with Gasteiger partial charge in [-0.2, -0.15) is 0 Å². The summed E-state index contributed by atoms with van der Waals surface area (Å²) in [4.78, 5) is 20.9. The molecule has 2 aromatic heterocycles. The van der Waals surface area contributed by atoms with Gasteiger partial charge in [-0.15, -0.1) is 0 Å². The zero-order valence-corrected chi connectivity index (χ0v) is 20.3. The van der Waals surface area contributed by atoms with Crippen molar-refractivity contribution in [2.75, 3.05) is 32.8 Å². The first-order valence-corrected chi connectivity index (χ1v) is 11.8. The molecule has 0 aromatic carbocycles. The van der Waals surface area contributed by atoms with Crippen molar-refractivity contribution in [2.45, 2.75) is 65.0 Å². The molecule has 2 aromatic rings. The van der Waals surface area contributed by atoms with Crippen molar-refractivity contribution in [1.29, 1.82) is 0 Å². The predicted molar refractivity (Wildman–Crippen MR) is 125 cm³/mol. The van der Waals surface area contributed by atoms with Gasteiger partial charge in [0.05, 0.1) is 13.2 Å². The highest BCUT2D eigenvalue weighted by molar-refractivity contribution is 6.27. The number of aliphatic carboxylic acids is 2. The molecule has 1 saturated heterocycles. The van der Waals surface area contributed by atoms with Crippen molar-refractivity contribution >= 4 is 11.9 Å². The molecular weight excluding hydrogens is 440 g/mol. The van der Waals surface area contributed by atoms with Crippen molar-refractivity contribution < 1.29 is 29.1 Å². The Morgan fingerprint density at radius 2 is 1.71 bits per heavy atom. The Balaban J connectivity index is 0.000000481. The number of carboxylic acids is 2. The summed E-state index contributed by atoms with van der Waals surface area (Å²) in [7, 11) is 0. The van der Waals surface area contributed by atoms with E-state index < -0.39 is 11.9 Å². The van der Waals surface area contributed by atoms with Gasteiger partial charge in [-0.25, -0.2) is 9.59 Å². The van der Waals surface area contributed by atoms with Gasteiger partial charge in [0.1, 0.15) is 5.76 Å². The van der Waals surface area contributed by atoms with E-state index in [2.05, 4.69) is 39.9 Å². The van der Waals surface area contributed by atoms with Gasteiger partial charge in [-0.1, -0.05) is 24.4 Å². The molecule has 10 heteroatoms. The maximum Gasteiger partial charge on any atom is 0.414 e. The molecule has 0 spiro atoms. The zero-order chi connectivity index (χ0) is 24.7. The van der Waals surface area contributed by atoms with Gasteiger partial charge in [0, 0.05) is 49.2 Å². The first kappa shape index (κ1) is 25.9. The third-order valence-corrected chi connectivity index (χ3v) is 6.80. The van der Waals surface area contributed by atoms with Crippen LogP contribution in [0.15, 0.2) is 16.7 Å². The Labute approximate surface area is 199 Å². The summed E-state index contributed by atoms with van der Waals surface area (Å²) in [6, 6.07) is 4.27. The van der Waals surface area contributed by atoms with Crippen LogP contribution in [0.2, 0.25) is 0 Å². The highest BCUT2D eigenvalue weighted by Gasteiger charge is 2.38. The fourth-order valence-electron chi connectivity index (χ4n) is 5.10. The number of hydrogen-bond donors (Lipinski definition) is 3. The van der Waals surface area contributed by atoms with E-state index in [1.165, 1.54) is 49.1 Å². The van der Waals surface area contributed by atoms with E-state index in [4.69, 9.17) is 29.1 Å². The fraction of sp³-hybridized carbons (Fsp3) is 0.625. The molecule has 4 rings (SSSR count). The quantitative estimate of drug-likeness (QED) is 0.539. The molecule has 0 bridgehead atoms. The van der Waals surface area contributed by atoms with Gasteiger partial charge < -0.3 is 29.4 Å². The summed E-state index contributed by atoms with van der Waals surface area (Å²) in [5, 5.41) is 22.8. The number of carboxylic acid groups (broad SMARTS) is 2. The molecule has 188 valence electrons. The number of hydrogen-bond acceptors (Lipinski definition) is 7. The molecular formula is C24H36N4O6. The predicted octanol–water partition coefficient (Wildman–Crippen LogP) is 2.67. The third kappa shape index (κ3) is 6.25. The summed E-state index contributed by atoms with van der Waals surface area (Å²) in [6.45, 7) is 12.1. The van der Waals surface area contributed by atoms with E-state index in [1.54, 1.807) is 0 Å². The number of aromatic nitrogens is 2. The monoisotopic (exact) mass is 476 g/mol. The third-order valence-electron chi connectivity index (χ3n) is 6.80. The average molecular weight is 477 g/mol. The summed E-state index contributed by atoms with van der Waals surface area (Å²) in [6.07, 6.45) is 6.68. The Morgan fingerprint density at radius 3 is 2.26 bits per heavy atom. The molecule has 3 N–H and O–H groups in total. The number of carbonyl (C=O) groups is 2. The Bertz CT molecular complexity index is 958. The number of rotatable bonds is 6. The van der Waals surface area contributed by atoms with Crippen molar-refractivity contribution in [2.24, 2.45) is 0 Å². The Kier molecular flexibility index (Phi) is 8.87. The summed E-state index contributed by atoms with van der Waals surface area (Å²) in [5.74, 6) is -1.94. The molecule has 34 heavy (non-hydrogen) atoms. The lowest BCUT2D eigenvalue weighted by atomic mass is 9.79. The second-order valence-corrected chi connectivity index (χ2v) is 9.13. The number of nitrogens with one attached hydrogen (secondary N) is 1. The normalized spacial score (nSPS) is 18.2. The van der Waals surface area contributed by atoms with E-state index in [1.807, 2.05) is 13.0 Å². The molecule has 2 fully saturated rings.